The van der Waals surface area contributed by atoms with Crippen LogP contribution in [0, 0.1) is 0 Å². The van der Waals surface area contributed by atoms with E-state index in [-0.39, 0.29) is 34.6 Å². The van der Waals surface area contributed by atoms with Crippen molar-refractivity contribution in [1.29, 1.82) is 0 Å². The SMILES string of the molecule is CC(C)(C)OC(=O)N1C[C@H](F)C[C@@H]1C(=O)NC(Cn1c(-c2ccc(Cl)cc2)nn(Cc2ncn(-c3ncccc3Cl)n2)c1=O)C(F)(F)F. The van der Waals surface area contributed by atoms with Gasteiger partial charge in [0.05, 0.1) is 18.1 Å². The van der Waals surface area contributed by atoms with Gasteiger partial charge in [0.2, 0.25) is 5.91 Å². The third kappa shape index (κ3) is 7.95. The number of pyridine rings is 1. The van der Waals surface area contributed by atoms with Crippen LogP contribution in [0.1, 0.15) is 33.0 Å². The Morgan fingerprint density at radius 2 is 1.79 bits per heavy atom. The van der Waals surface area contributed by atoms with Crippen LogP contribution in [0.4, 0.5) is 22.4 Å². The Hall–Kier alpha value is -4.51. The molecule has 3 atom stereocenters. The van der Waals surface area contributed by atoms with Crippen molar-refractivity contribution in [3.05, 3.63) is 75.3 Å². The molecule has 1 saturated heterocycles. The van der Waals surface area contributed by atoms with E-state index in [0.29, 0.717) is 5.02 Å². The fraction of sp³-hybridized carbons (Fsp3) is 0.414. The lowest BCUT2D eigenvalue weighted by molar-refractivity contribution is -0.165. The summed E-state index contributed by atoms with van der Waals surface area (Å²) in [5.41, 5.74) is -1.73. The molecule has 1 aromatic carbocycles. The largest absolute Gasteiger partial charge is 0.444 e. The van der Waals surface area contributed by atoms with E-state index in [1.807, 2.05) is 5.32 Å². The highest BCUT2D eigenvalue weighted by molar-refractivity contribution is 6.32. The molecule has 1 aliphatic heterocycles. The summed E-state index contributed by atoms with van der Waals surface area (Å²) >= 11 is 12.2. The number of aromatic nitrogens is 7. The normalized spacial score (nSPS) is 17.4. The lowest BCUT2D eigenvalue weighted by Crippen LogP contribution is -2.55. The summed E-state index contributed by atoms with van der Waals surface area (Å²) in [6.07, 6.45) is -5.54. The van der Waals surface area contributed by atoms with Gasteiger partial charge in [0.15, 0.2) is 17.5 Å². The van der Waals surface area contributed by atoms with E-state index >= 15 is 0 Å². The zero-order chi connectivity index (χ0) is 35.0. The predicted molar refractivity (Wildman–Crippen MR) is 164 cm³/mol. The van der Waals surface area contributed by atoms with Crippen LogP contribution in [-0.4, -0.2) is 87.6 Å². The molecule has 256 valence electrons. The molecule has 0 bridgehead atoms. The van der Waals surface area contributed by atoms with Crippen molar-refractivity contribution in [2.75, 3.05) is 6.54 Å². The molecule has 1 aliphatic rings. The van der Waals surface area contributed by atoms with Crippen LogP contribution < -0.4 is 11.0 Å². The van der Waals surface area contributed by atoms with E-state index < -0.39 is 67.2 Å². The van der Waals surface area contributed by atoms with Crippen LogP contribution in [0.2, 0.25) is 10.0 Å². The number of amides is 2. The maximum atomic E-state index is 14.5. The van der Waals surface area contributed by atoms with Crippen molar-refractivity contribution in [3.63, 3.8) is 0 Å². The van der Waals surface area contributed by atoms with E-state index in [2.05, 4.69) is 20.2 Å². The quantitative estimate of drug-likeness (QED) is 0.264. The second-order valence-corrected chi connectivity index (χ2v) is 12.7. The van der Waals surface area contributed by atoms with E-state index in [1.54, 1.807) is 32.9 Å². The Morgan fingerprint density at radius 3 is 2.44 bits per heavy atom. The number of ether oxygens (including phenoxy) is 1. The molecule has 0 spiro atoms. The topological polar surface area (TPSA) is 142 Å². The highest BCUT2D eigenvalue weighted by Gasteiger charge is 2.47. The van der Waals surface area contributed by atoms with Gasteiger partial charge in [-0.25, -0.2) is 33.3 Å². The second kappa shape index (κ2) is 13.5. The zero-order valence-electron chi connectivity index (χ0n) is 25.7. The molecule has 0 radical (unpaired) electrons. The van der Waals surface area contributed by atoms with Crippen molar-refractivity contribution in [3.8, 4) is 17.2 Å². The summed E-state index contributed by atoms with van der Waals surface area (Å²) in [6, 6.07) is 4.83. The Labute approximate surface area is 280 Å². The molecular formula is C29H29Cl2F4N9O4. The van der Waals surface area contributed by atoms with E-state index in [0.717, 1.165) is 14.1 Å². The van der Waals surface area contributed by atoms with E-state index in [1.165, 1.54) is 41.5 Å². The molecule has 13 nitrogen and oxygen atoms in total. The standard InChI is InChI=1S/C29H29Cl2F4N9O4/c1-28(2,3)48-27(47)41-12-18(32)11-20(41)25(45)38-21(29(33,34)35)13-42-23(16-6-8-17(30)9-7-16)40-43(26(42)46)14-22-37-15-44(39-22)24-19(31)5-4-10-36-24/h4-10,15,18,20-21H,11-14H2,1-3H3,(H,38,45)/t18-,20-,21?/m1/s1. The molecule has 48 heavy (non-hydrogen) atoms. The number of nitrogens with zero attached hydrogens (tertiary/aromatic N) is 8. The highest BCUT2D eigenvalue weighted by atomic mass is 35.5. The summed E-state index contributed by atoms with van der Waals surface area (Å²) < 4.78 is 65.9. The Kier molecular flexibility index (Phi) is 9.82. The smallest absolute Gasteiger partial charge is 0.411 e. The first-order valence-corrected chi connectivity index (χ1v) is 15.2. The summed E-state index contributed by atoms with van der Waals surface area (Å²) in [6.45, 7) is 2.66. The minimum atomic E-state index is -5.08. The van der Waals surface area contributed by atoms with Crippen molar-refractivity contribution in [1.82, 2.24) is 44.3 Å². The molecule has 1 unspecified atom stereocenters. The molecule has 2 amide bonds. The number of nitrogens with one attached hydrogen (secondary N) is 1. The molecule has 0 aliphatic carbocycles. The number of carbonyl (C=O) groups is 2. The van der Waals surface area contributed by atoms with Gasteiger partial charge in [-0.1, -0.05) is 23.2 Å². The first-order valence-electron chi connectivity index (χ1n) is 14.5. The number of likely N-dealkylation sites (tertiary alicyclic amines) is 1. The number of benzene rings is 1. The molecule has 1 fully saturated rings. The molecule has 1 N–H and O–H groups in total. The maximum absolute atomic E-state index is 14.5. The fourth-order valence-corrected chi connectivity index (χ4v) is 5.24. The number of carbonyl (C=O) groups excluding carboxylic acids is 2. The fourth-order valence-electron chi connectivity index (χ4n) is 4.91. The van der Waals surface area contributed by atoms with Crippen molar-refractivity contribution in [2.45, 2.75) is 70.3 Å². The molecule has 5 rings (SSSR count). The second-order valence-electron chi connectivity index (χ2n) is 11.9. The number of hydrogen-bond donors (Lipinski definition) is 1. The van der Waals surface area contributed by atoms with Gasteiger partial charge >= 0.3 is 18.0 Å². The average Bonchev–Trinajstić information content (AvgIpc) is 3.70. The van der Waals surface area contributed by atoms with Crippen LogP contribution >= 0.6 is 23.2 Å². The van der Waals surface area contributed by atoms with Gasteiger partial charge in [0, 0.05) is 23.2 Å². The molecule has 3 aromatic heterocycles. The van der Waals surface area contributed by atoms with Crippen LogP contribution in [0.5, 0.6) is 0 Å². The lowest BCUT2D eigenvalue weighted by atomic mass is 10.1. The Bertz CT molecular complexity index is 1850. The Balaban J connectivity index is 1.45. The van der Waals surface area contributed by atoms with Crippen LogP contribution in [-0.2, 0) is 22.6 Å². The lowest BCUT2D eigenvalue weighted by Gasteiger charge is -2.29. The third-order valence-electron chi connectivity index (χ3n) is 7.07. The van der Waals surface area contributed by atoms with Crippen molar-refractivity contribution >= 4 is 35.2 Å². The van der Waals surface area contributed by atoms with Gasteiger partial charge in [-0.15, -0.1) is 10.2 Å². The zero-order valence-corrected chi connectivity index (χ0v) is 27.2. The summed E-state index contributed by atoms with van der Waals surface area (Å²) in [5, 5.41) is 11.0. The highest BCUT2D eigenvalue weighted by Crippen LogP contribution is 2.27. The third-order valence-corrected chi connectivity index (χ3v) is 7.62. The first-order chi connectivity index (χ1) is 22.5. The van der Waals surface area contributed by atoms with Gasteiger partial charge in [-0.05, 0) is 57.2 Å². The van der Waals surface area contributed by atoms with Crippen LogP contribution in [0.15, 0.2) is 53.7 Å². The van der Waals surface area contributed by atoms with Gasteiger partial charge in [0.1, 0.15) is 36.7 Å². The summed E-state index contributed by atoms with van der Waals surface area (Å²) in [4.78, 5) is 48.5. The number of hydrogen-bond acceptors (Lipinski definition) is 8. The van der Waals surface area contributed by atoms with Gasteiger partial charge < -0.3 is 10.1 Å². The Morgan fingerprint density at radius 1 is 1.08 bits per heavy atom. The van der Waals surface area contributed by atoms with Crippen molar-refractivity contribution < 1.29 is 31.9 Å². The van der Waals surface area contributed by atoms with E-state index in [4.69, 9.17) is 27.9 Å². The molecular weight excluding hydrogens is 685 g/mol. The number of alkyl halides is 4. The minimum absolute atomic E-state index is 0.0658. The average molecular weight is 715 g/mol. The first kappa shape index (κ1) is 34.8. The molecule has 4 heterocycles. The molecule has 19 heteroatoms. The van der Waals surface area contributed by atoms with Crippen LogP contribution in [0.25, 0.3) is 17.2 Å². The minimum Gasteiger partial charge on any atom is -0.444 e. The molecule has 4 aromatic rings. The monoisotopic (exact) mass is 713 g/mol. The number of rotatable bonds is 8. The van der Waals surface area contributed by atoms with Gasteiger partial charge in [0.25, 0.3) is 0 Å². The summed E-state index contributed by atoms with van der Waals surface area (Å²) in [7, 11) is 0. The summed E-state index contributed by atoms with van der Waals surface area (Å²) in [5.74, 6) is -1.11. The predicted octanol–water partition coefficient (Wildman–Crippen LogP) is 4.44. The van der Waals surface area contributed by atoms with Crippen molar-refractivity contribution in [2.24, 2.45) is 0 Å². The van der Waals surface area contributed by atoms with E-state index in [9.17, 15) is 31.9 Å². The van der Waals surface area contributed by atoms with Gasteiger partial charge in [-0.3, -0.25) is 14.3 Å². The molecule has 0 saturated carbocycles. The number of halogens is 6. The van der Waals surface area contributed by atoms with Crippen LogP contribution in [0.3, 0.4) is 0 Å². The van der Waals surface area contributed by atoms with Gasteiger partial charge in [-0.2, -0.15) is 13.2 Å². The maximum Gasteiger partial charge on any atom is 0.411 e.